The largest absolute Gasteiger partial charge is 0.548 e. The lowest BCUT2D eigenvalue weighted by molar-refractivity contribution is -0.311. The highest BCUT2D eigenvalue weighted by Crippen LogP contribution is 2.24. The van der Waals surface area contributed by atoms with Crippen molar-refractivity contribution in [3.8, 4) is 0 Å². The number of carbonyl (C=O) groups is 2. The molecule has 6 nitrogen and oxygen atoms in total. The molecule has 1 fully saturated rings. The summed E-state index contributed by atoms with van der Waals surface area (Å²) >= 11 is 0. The molecule has 92 valence electrons. The van der Waals surface area contributed by atoms with Crippen LogP contribution in [0.15, 0.2) is 0 Å². The maximum absolute atomic E-state index is 11.6. The third-order valence-electron chi connectivity index (χ3n) is 2.23. The van der Waals surface area contributed by atoms with Crippen molar-refractivity contribution in [2.24, 2.45) is 0 Å². The molecule has 0 aliphatic carbocycles. The van der Waals surface area contributed by atoms with Gasteiger partial charge in [0.25, 0.3) is 0 Å². The summed E-state index contributed by atoms with van der Waals surface area (Å²) in [6.07, 6.45) is -1.54. The van der Waals surface area contributed by atoms with Crippen molar-refractivity contribution >= 4 is 12.1 Å². The van der Waals surface area contributed by atoms with Crippen LogP contribution in [0.5, 0.6) is 0 Å². The summed E-state index contributed by atoms with van der Waals surface area (Å²) in [7, 11) is 0. The summed E-state index contributed by atoms with van der Waals surface area (Å²) in [6.45, 7) is 5.00. The van der Waals surface area contributed by atoms with E-state index in [-0.39, 0.29) is 12.8 Å². The van der Waals surface area contributed by atoms with E-state index in [1.807, 2.05) is 0 Å². The average Bonchev–Trinajstić information content (AvgIpc) is 2.43. The number of aliphatic hydroxyl groups excluding tert-OH is 1. The first-order valence-electron chi connectivity index (χ1n) is 5.12. The van der Waals surface area contributed by atoms with Gasteiger partial charge in [0.15, 0.2) is 0 Å². The van der Waals surface area contributed by atoms with Gasteiger partial charge in [-0.3, -0.25) is 4.90 Å². The molecule has 1 saturated heterocycles. The van der Waals surface area contributed by atoms with Gasteiger partial charge in [-0.15, -0.1) is 0 Å². The van der Waals surface area contributed by atoms with E-state index in [0.29, 0.717) is 0 Å². The van der Waals surface area contributed by atoms with Gasteiger partial charge >= 0.3 is 6.09 Å². The molecule has 16 heavy (non-hydrogen) atoms. The Morgan fingerprint density at radius 2 is 1.94 bits per heavy atom. The van der Waals surface area contributed by atoms with Gasteiger partial charge in [0.1, 0.15) is 11.8 Å². The van der Waals surface area contributed by atoms with Gasteiger partial charge in [-0.05, 0) is 33.6 Å². The van der Waals surface area contributed by atoms with Crippen LogP contribution in [-0.4, -0.2) is 39.9 Å². The van der Waals surface area contributed by atoms with Crippen molar-refractivity contribution < 1.29 is 24.5 Å². The highest BCUT2D eigenvalue weighted by Gasteiger charge is 2.38. The van der Waals surface area contributed by atoms with Crippen molar-refractivity contribution in [3.63, 3.8) is 0 Å². The molecule has 2 unspecified atom stereocenters. The van der Waals surface area contributed by atoms with E-state index in [1.165, 1.54) is 0 Å². The molecule has 1 N–H and O–H groups in total. The Labute approximate surface area is 93.8 Å². The van der Waals surface area contributed by atoms with Gasteiger partial charge in [-0.1, -0.05) is 0 Å². The van der Waals surface area contributed by atoms with Crippen LogP contribution in [0.2, 0.25) is 0 Å². The number of likely N-dealkylation sites (tertiary alicyclic amines) is 1. The Kier molecular flexibility index (Phi) is 3.42. The standard InChI is InChI=1S/C10H17NO5/c1-10(2,3)16-9(15)11-6(8(13)14)4-5-7(11)12/h6-7,12H,4-5H2,1-3H3,(H,13,14)/p-1. The fraction of sp³-hybridized carbons (Fsp3) is 0.800. The summed E-state index contributed by atoms with van der Waals surface area (Å²) < 4.78 is 5.01. The van der Waals surface area contributed by atoms with Crippen molar-refractivity contribution in [1.82, 2.24) is 4.90 Å². The number of aliphatic carboxylic acids is 1. The molecule has 1 aliphatic rings. The predicted molar refractivity (Wildman–Crippen MR) is 52.1 cm³/mol. The van der Waals surface area contributed by atoms with Gasteiger partial charge in [-0.2, -0.15) is 0 Å². The van der Waals surface area contributed by atoms with Crippen molar-refractivity contribution in [2.75, 3.05) is 0 Å². The van der Waals surface area contributed by atoms with Crippen LogP contribution >= 0.6 is 0 Å². The number of amides is 1. The number of rotatable bonds is 1. The highest BCUT2D eigenvalue weighted by atomic mass is 16.6. The zero-order valence-electron chi connectivity index (χ0n) is 9.60. The first-order chi connectivity index (χ1) is 7.22. The number of aliphatic hydroxyl groups is 1. The predicted octanol–water partition coefficient (Wildman–Crippen LogP) is -0.546. The average molecular weight is 230 g/mol. The Balaban J connectivity index is 2.76. The van der Waals surface area contributed by atoms with Gasteiger partial charge in [0.05, 0.1) is 12.0 Å². The number of carboxylic acids is 1. The van der Waals surface area contributed by atoms with Crippen LogP contribution in [-0.2, 0) is 9.53 Å². The van der Waals surface area contributed by atoms with Gasteiger partial charge < -0.3 is 19.7 Å². The number of hydrogen-bond acceptors (Lipinski definition) is 5. The minimum Gasteiger partial charge on any atom is -0.548 e. The van der Waals surface area contributed by atoms with E-state index in [0.717, 1.165) is 4.90 Å². The monoisotopic (exact) mass is 230 g/mol. The van der Waals surface area contributed by atoms with E-state index in [9.17, 15) is 19.8 Å². The maximum atomic E-state index is 11.6. The van der Waals surface area contributed by atoms with Crippen LogP contribution < -0.4 is 5.11 Å². The minimum atomic E-state index is -1.37. The summed E-state index contributed by atoms with van der Waals surface area (Å²) in [5, 5.41) is 20.3. The van der Waals surface area contributed by atoms with Crippen molar-refractivity contribution in [2.45, 2.75) is 51.5 Å². The van der Waals surface area contributed by atoms with E-state index in [4.69, 9.17) is 4.74 Å². The second-order valence-electron chi connectivity index (χ2n) is 4.78. The third kappa shape index (κ3) is 2.85. The summed E-state index contributed by atoms with van der Waals surface area (Å²) in [4.78, 5) is 23.2. The lowest BCUT2D eigenvalue weighted by Gasteiger charge is -2.30. The van der Waals surface area contributed by atoms with E-state index in [1.54, 1.807) is 20.8 Å². The molecule has 0 aromatic carbocycles. The van der Waals surface area contributed by atoms with Crippen LogP contribution in [0.3, 0.4) is 0 Å². The molecule has 0 aromatic rings. The number of carbonyl (C=O) groups excluding carboxylic acids is 2. The molecule has 0 radical (unpaired) electrons. The SMILES string of the molecule is CC(C)(C)OC(=O)N1C(O)CCC1C(=O)[O-]. The summed E-state index contributed by atoms with van der Waals surface area (Å²) in [5.74, 6) is -1.37. The second kappa shape index (κ2) is 4.29. The molecule has 6 heteroatoms. The Morgan fingerprint density at radius 3 is 2.38 bits per heavy atom. The molecule has 0 bridgehead atoms. The third-order valence-corrected chi connectivity index (χ3v) is 2.23. The fourth-order valence-corrected chi connectivity index (χ4v) is 1.59. The molecule has 1 aliphatic heterocycles. The minimum absolute atomic E-state index is 0.183. The number of ether oxygens (including phenoxy) is 1. The van der Waals surface area contributed by atoms with E-state index < -0.39 is 29.9 Å². The number of nitrogens with zero attached hydrogens (tertiary/aromatic N) is 1. The highest BCUT2D eigenvalue weighted by molar-refractivity contribution is 5.79. The molecule has 0 aromatic heterocycles. The molecule has 2 atom stereocenters. The summed E-state index contributed by atoms with van der Waals surface area (Å²) in [6, 6.07) is -1.11. The zero-order chi connectivity index (χ0) is 12.5. The lowest BCUT2D eigenvalue weighted by atomic mass is 10.2. The number of hydrogen-bond donors (Lipinski definition) is 1. The molecule has 0 spiro atoms. The lowest BCUT2D eigenvalue weighted by Crippen LogP contribution is -2.51. The molecular formula is C10H16NO5-. The van der Waals surface area contributed by atoms with Gasteiger partial charge in [0.2, 0.25) is 0 Å². The number of carboxylic acid groups (broad SMARTS) is 1. The van der Waals surface area contributed by atoms with Crippen LogP contribution in [0.4, 0.5) is 4.79 Å². The first kappa shape index (κ1) is 12.8. The quantitative estimate of drug-likeness (QED) is 0.653. The molecule has 1 rings (SSSR count). The van der Waals surface area contributed by atoms with Crippen molar-refractivity contribution in [3.05, 3.63) is 0 Å². The van der Waals surface area contributed by atoms with E-state index >= 15 is 0 Å². The zero-order valence-corrected chi connectivity index (χ0v) is 9.60. The van der Waals surface area contributed by atoms with Crippen molar-refractivity contribution in [1.29, 1.82) is 0 Å². The smallest absolute Gasteiger partial charge is 0.412 e. The second-order valence-corrected chi connectivity index (χ2v) is 4.78. The molecule has 1 amide bonds. The topological polar surface area (TPSA) is 89.9 Å². The van der Waals surface area contributed by atoms with Gasteiger partial charge in [-0.25, -0.2) is 4.79 Å². The summed E-state index contributed by atoms with van der Waals surface area (Å²) in [5.41, 5.74) is -0.726. The van der Waals surface area contributed by atoms with Crippen LogP contribution in [0, 0.1) is 0 Å². The van der Waals surface area contributed by atoms with Crippen LogP contribution in [0.1, 0.15) is 33.6 Å². The van der Waals surface area contributed by atoms with Crippen LogP contribution in [0.25, 0.3) is 0 Å². The fourth-order valence-electron chi connectivity index (χ4n) is 1.59. The maximum Gasteiger partial charge on any atom is 0.412 e. The normalized spacial score (nSPS) is 25.6. The Bertz CT molecular complexity index is 296. The molecule has 1 heterocycles. The first-order valence-corrected chi connectivity index (χ1v) is 5.12. The molecular weight excluding hydrogens is 214 g/mol. The van der Waals surface area contributed by atoms with E-state index in [2.05, 4.69) is 0 Å². The Hall–Kier alpha value is -1.30. The van der Waals surface area contributed by atoms with Gasteiger partial charge in [0, 0.05) is 0 Å². The molecule has 0 saturated carbocycles. The Morgan fingerprint density at radius 1 is 1.38 bits per heavy atom.